The second-order valence-corrected chi connectivity index (χ2v) is 8.42. The number of hydrogen-bond acceptors (Lipinski definition) is 8. The summed E-state index contributed by atoms with van der Waals surface area (Å²) in [6.07, 6.45) is 1.15. The van der Waals surface area contributed by atoms with Crippen LogP contribution < -0.4 is 0 Å². The van der Waals surface area contributed by atoms with E-state index < -0.39 is 64.7 Å². The van der Waals surface area contributed by atoms with Gasteiger partial charge in [0.1, 0.15) is 16.9 Å². The Morgan fingerprint density at radius 2 is 1.92 bits per heavy atom. The average molecular weight is 366 g/mol. The summed E-state index contributed by atoms with van der Waals surface area (Å²) in [5.74, 6) is -2.58. The maximum absolute atomic E-state index is 12.9. The Labute approximate surface area is 150 Å². The second kappa shape index (κ2) is 5.21. The molecule has 8 nitrogen and oxygen atoms in total. The fraction of sp³-hybridized carbons (Fsp3) is 0.722. The smallest absolute Gasteiger partial charge is 0.339 e. The first-order valence-corrected chi connectivity index (χ1v) is 8.35. The zero-order valence-corrected chi connectivity index (χ0v) is 15.1. The first-order valence-electron chi connectivity index (χ1n) is 8.35. The van der Waals surface area contributed by atoms with Gasteiger partial charge in [-0.15, -0.1) is 6.42 Å². The summed E-state index contributed by atoms with van der Waals surface area (Å²) in [4.78, 5) is 37.1. The van der Waals surface area contributed by atoms with Crippen molar-refractivity contribution in [2.24, 2.45) is 16.2 Å². The number of fused-ring (bicyclic) bond motifs is 2. The minimum Gasteiger partial charge on any atom is -0.461 e. The summed E-state index contributed by atoms with van der Waals surface area (Å²) < 4.78 is 15.6. The molecule has 1 spiro atoms. The molecule has 3 heterocycles. The van der Waals surface area contributed by atoms with E-state index in [9.17, 15) is 24.6 Å². The number of carbonyl (C=O) groups excluding carboxylic acids is 3. The standard InChI is InChI=1S/C18H22O8/c1-6-18-16(5,12(21)13(22)25-18)17(14(23)26-18)8-11(20)24-10(17)7-9(19)15(2,3)4/h1,9-10,12,19,21H,7-8H2,2-5H3/t9?,10-,12-,16+,17?,18-/m0/s1. The van der Waals surface area contributed by atoms with Gasteiger partial charge in [0, 0.05) is 6.42 Å². The third-order valence-electron chi connectivity index (χ3n) is 6.10. The summed E-state index contributed by atoms with van der Waals surface area (Å²) in [5, 5.41) is 21.0. The van der Waals surface area contributed by atoms with Crippen LogP contribution in [-0.4, -0.2) is 52.2 Å². The van der Waals surface area contributed by atoms with Crippen molar-refractivity contribution in [3.8, 4) is 12.3 Å². The highest BCUT2D eigenvalue weighted by atomic mass is 16.8. The van der Waals surface area contributed by atoms with E-state index in [1.165, 1.54) is 6.92 Å². The van der Waals surface area contributed by atoms with Crippen molar-refractivity contribution in [2.45, 2.75) is 64.6 Å². The molecule has 3 rings (SSSR count). The van der Waals surface area contributed by atoms with Crippen LogP contribution in [-0.2, 0) is 28.6 Å². The number of ether oxygens (including phenoxy) is 3. The van der Waals surface area contributed by atoms with Gasteiger partial charge in [-0.2, -0.15) is 0 Å². The molecule has 0 aromatic rings. The van der Waals surface area contributed by atoms with Gasteiger partial charge in [0.2, 0.25) is 0 Å². The predicted octanol–water partition coefficient (Wildman–Crippen LogP) is -0.104. The van der Waals surface area contributed by atoms with Crippen molar-refractivity contribution in [1.82, 2.24) is 0 Å². The third kappa shape index (κ3) is 1.96. The lowest BCUT2D eigenvalue weighted by Gasteiger charge is -2.40. The number of carbonyl (C=O) groups is 3. The van der Waals surface area contributed by atoms with Gasteiger partial charge in [-0.1, -0.05) is 20.8 Å². The van der Waals surface area contributed by atoms with Gasteiger partial charge in [-0.25, -0.2) is 4.79 Å². The lowest BCUT2D eigenvalue weighted by Crippen LogP contribution is -2.57. The van der Waals surface area contributed by atoms with Crippen LogP contribution in [0.15, 0.2) is 0 Å². The molecule has 142 valence electrons. The highest BCUT2D eigenvalue weighted by Crippen LogP contribution is 2.67. The van der Waals surface area contributed by atoms with E-state index >= 15 is 0 Å². The number of esters is 3. The van der Waals surface area contributed by atoms with E-state index in [1.807, 2.05) is 0 Å². The first kappa shape index (κ1) is 18.7. The Morgan fingerprint density at radius 3 is 2.46 bits per heavy atom. The summed E-state index contributed by atoms with van der Waals surface area (Å²) >= 11 is 0. The maximum Gasteiger partial charge on any atom is 0.339 e. The Hall–Kier alpha value is -2.11. The molecule has 0 aliphatic carbocycles. The van der Waals surface area contributed by atoms with Crippen molar-refractivity contribution >= 4 is 17.9 Å². The summed E-state index contributed by atoms with van der Waals surface area (Å²) in [6, 6.07) is 0. The molecule has 0 aromatic heterocycles. The topological polar surface area (TPSA) is 119 Å². The molecule has 0 saturated carbocycles. The predicted molar refractivity (Wildman–Crippen MR) is 84.9 cm³/mol. The zero-order valence-electron chi connectivity index (χ0n) is 15.1. The van der Waals surface area contributed by atoms with Crippen LogP contribution in [0.3, 0.4) is 0 Å². The van der Waals surface area contributed by atoms with Gasteiger partial charge in [0.25, 0.3) is 0 Å². The van der Waals surface area contributed by atoms with Crippen molar-refractivity contribution < 1.29 is 38.8 Å². The largest absolute Gasteiger partial charge is 0.461 e. The Kier molecular flexibility index (Phi) is 3.74. The monoisotopic (exact) mass is 366 g/mol. The third-order valence-corrected chi connectivity index (χ3v) is 6.10. The van der Waals surface area contributed by atoms with Gasteiger partial charge in [-0.05, 0) is 18.3 Å². The molecule has 0 radical (unpaired) electrons. The molecule has 3 aliphatic heterocycles. The van der Waals surface area contributed by atoms with E-state index in [2.05, 4.69) is 5.92 Å². The van der Waals surface area contributed by atoms with E-state index in [1.54, 1.807) is 20.8 Å². The molecule has 26 heavy (non-hydrogen) atoms. The van der Waals surface area contributed by atoms with Gasteiger partial charge in [0.15, 0.2) is 6.10 Å². The van der Waals surface area contributed by atoms with Gasteiger partial charge >= 0.3 is 23.7 Å². The SMILES string of the molecule is C#C[C@@]12OC(=O)[C@H](O)[C@]1(C)C1(CC(=O)O[C@H]1CC(O)C(C)(C)C)C(=O)O2. The lowest BCUT2D eigenvalue weighted by molar-refractivity contribution is -0.192. The number of aliphatic hydroxyl groups excluding tert-OH is 2. The summed E-state index contributed by atoms with van der Waals surface area (Å²) in [6.45, 7) is 6.75. The van der Waals surface area contributed by atoms with E-state index in [4.69, 9.17) is 20.6 Å². The molecule has 3 aliphatic rings. The number of aliphatic hydroxyl groups is 2. The average Bonchev–Trinajstić information content (AvgIpc) is 3.03. The van der Waals surface area contributed by atoms with Crippen molar-refractivity contribution in [1.29, 1.82) is 0 Å². The van der Waals surface area contributed by atoms with Gasteiger partial charge < -0.3 is 24.4 Å². The molecule has 2 unspecified atom stereocenters. The van der Waals surface area contributed by atoms with Crippen LogP contribution in [0.5, 0.6) is 0 Å². The van der Waals surface area contributed by atoms with Crippen LogP contribution in [0.1, 0.15) is 40.5 Å². The van der Waals surface area contributed by atoms with Gasteiger partial charge in [0.05, 0.1) is 12.5 Å². The van der Waals surface area contributed by atoms with Gasteiger partial charge in [-0.3, -0.25) is 9.59 Å². The molecule has 0 bridgehead atoms. The number of terminal acetylenes is 1. The van der Waals surface area contributed by atoms with E-state index in [0.29, 0.717) is 0 Å². The molecule has 3 saturated heterocycles. The van der Waals surface area contributed by atoms with Crippen molar-refractivity contribution in [3.05, 3.63) is 0 Å². The molecule has 2 N–H and O–H groups in total. The number of hydrogen-bond donors (Lipinski definition) is 2. The first-order chi connectivity index (χ1) is 11.9. The Morgan fingerprint density at radius 1 is 1.31 bits per heavy atom. The quantitative estimate of drug-likeness (QED) is 0.513. The van der Waals surface area contributed by atoms with Crippen LogP contribution in [0.2, 0.25) is 0 Å². The summed E-state index contributed by atoms with van der Waals surface area (Å²) in [5.41, 5.74) is -4.03. The molecule has 0 amide bonds. The molecule has 8 heteroatoms. The molecule has 0 aromatic carbocycles. The van der Waals surface area contributed by atoms with E-state index in [0.717, 1.165) is 0 Å². The van der Waals surface area contributed by atoms with Crippen molar-refractivity contribution in [3.63, 3.8) is 0 Å². The fourth-order valence-electron chi connectivity index (χ4n) is 4.20. The van der Waals surface area contributed by atoms with Crippen LogP contribution in [0.4, 0.5) is 0 Å². The molecular formula is C18H22O8. The Balaban J connectivity index is 2.14. The maximum atomic E-state index is 12.9. The van der Waals surface area contributed by atoms with Crippen LogP contribution in [0.25, 0.3) is 0 Å². The zero-order chi connectivity index (χ0) is 19.7. The normalized spacial score (nSPS) is 42.9. The highest BCUT2D eigenvalue weighted by molar-refractivity contribution is 5.94. The second-order valence-electron chi connectivity index (χ2n) is 8.42. The molecule has 6 atom stereocenters. The van der Waals surface area contributed by atoms with E-state index in [-0.39, 0.29) is 6.42 Å². The number of cyclic esters (lactones) is 1. The minimum atomic E-state index is -2.13. The lowest BCUT2D eigenvalue weighted by atomic mass is 9.56. The minimum absolute atomic E-state index is 0.0819. The number of rotatable bonds is 2. The summed E-state index contributed by atoms with van der Waals surface area (Å²) in [7, 11) is 0. The van der Waals surface area contributed by atoms with Crippen LogP contribution in [0, 0.1) is 28.6 Å². The van der Waals surface area contributed by atoms with Crippen LogP contribution >= 0.6 is 0 Å². The van der Waals surface area contributed by atoms with Crippen molar-refractivity contribution in [2.75, 3.05) is 0 Å². The Bertz CT molecular complexity index is 730. The molecule has 3 fully saturated rings. The molecular weight excluding hydrogens is 344 g/mol. The fourth-order valence-corrected chi connectivity index (χ4v) is 4.20. The highest BCUT2D eigenvalue weighted by Gasteiger charge is 2.86.